The molecule has 0 bridgehead atoms. The molecule has 3 aromatic rings. The predicted molar refractivity (Wildman–Crippen MR) is 121 cm³/mol. The van der Waals surface area contributed by atoms with Crippen molar-refractivity contribution in [2.24, 2.45) is 0 Å². The molecule has 10 nitrogen and oxygen atoms in total. The average Bonchev–Trinajstić information content (AvgIpc) is 3.31. The highest BCUT2D eigenvalue weighted by molar-refractivity contribution is 7.89. The molecular weight excluding hydrogens is 432 g/mol. The van der Waals surface area contributed by atoms with Crippen LogP contribution < -0.4 is 5.32 Å². The van der Waals surface area contributed by atoms with Gasteiger partial charge in [-0.3, -0.25) is 4.68 Å². The molecule has 1 fully saturated rings. The summed E-state index contributed by atoms with van der Waals surface area (Å²) in [6.45, 7) is 2.53. The first kappa shape index (κ1) is 22.7. The summed E-state index contributed by atoms with van der Waals surface area (Å²) in [5, 5.41) is 22.2. The number of anilines is 1. The summed E-state index contributed by atoms with van der Waals surface area (Å²) in [4.78, 5) is 4.49. The number of hydrogen-bond donors (Lipinski definition) is 2. The van der Waals surface area contributed by atoms with Gasteiger partial charge < -0.3 is 15.2 Å². The summed E-state index contributed by atoms with van der Waals surface area (Å²) in [5.74, 6) is 0.604. The van der Waals surface area contributed by atoms with Crippen molar-refractivity contribution in [1.82, 2.24) is 24.4 Å². The van der Waals surface area contributed by atoms with E-state index in [4.69, 9.17) is 9.84 Å². The van der Waals surface area contributed by atoms with Crippen molar-refractivity contribution < 1.29 is 18.3 Å². The van der Waals surface area contributed by atoms with E-state index in [1.54, 1.807) is 25.7 Å². The lowest BCUT2D eigenvalue weighted by atomic mass is 9.85. The van der Waals surface area contributed by atoms with Gasteiger partial charge in [0.25, 0.3) is 0 Å². The van der Waals surface area contributed by atoms with E-state index in [9.17, 15) is 13.5 Å². The molecule has 1 aliphatic rings. The zero-order chi connectivity index (χ0) is 22.9. The number of aromatic nitrogens is 5. The Morgan fingerprint density at radius 2 is 2.03 bits per heavy atom. The van der Waals surface area contributed by atoms with Gasteiger partial charge in [-0.1, -0.05) is 0 Å². The van der Waals surface area contributed by atoms with E-state index in [0.29, 0.717) is 12.6 Å². The molecule has 0 radical (unpaired) electrons. The molecule has 0 saturated heterocycles. The normalized spacial score (nSPS) is 20.5. The van der Waals surface area contributed by atoms with E-state index in [-0.39, 0.29) is 23.9 Å². The topological polar surface area (TPSA) is 124 Å². The van der Waals surface area contributed by atoms with Crippen LogP contribution in [0.3, 0.4) is 0 Å². The maximum absolute atomic E-state index is 11.6. The van der Waals surface area contributed by atoms with Crippen LogP contribution in [-0.2, 0) is 20.5 Å². The minimum Gasteiger partial charge on any atom is -0.393 e. The molecule has 3 aromatic heterocycles. The van der Waals surface area contributed by atoms with Gasteiger partial charge in [-0.05, 0) is 38.7 Å². The standard InChI is InChI=1S/C21H30N6O4S/c1-14(12-31-2)24-21-22-10-20-18(16-9-23-26(11-16)13-32(3,29)30)8-19(27(20)25-21)15-4-6-17(28)7-5-15/h8-11,14-15,17,28H,4-7,12-13H2,1-3H3,(H,24,25)/t14-,15-,17-/m0/s1. The van der Waals surface area contributed by atoms with E-state index in [2.05, 4.69) is 21.5 Å². The summed E-state index contributed by atoms with van der Waals surface area (Å²) in [6, 6.07) is 2.14. The van der Waals surface area contributed by atoms with Crippen molar-refractivity contribution >= 4 is 21.3 Å². The van der Waals surface area contributed by atoms with E-state index < -0.39 is 9.84 Å². The smallest absolute Gasteiger partial charge is 0.241 e. The quantitative estimate of drug-likeness (QED) is 0.521. The second-order valence-electron chi connectivity index (χ2n) is 8.69. The zero-order valence-corrected chi connectivity index (χ0v) is 19.4. The molecule has 0 aromatic carbocycles. The molecule has 0 unspecified atom stereocenters. The van der Waals surface area contributed by atoms with E-state index in [1.165, 1.54) is 10.9 Å². The first-order chi connectivity index (χ1) is 15.2. The molecule has 11 heteroatoms. The van der Waals surface area contributed by atoms with Gasteiger partial charge in [-0.2, -0.15) is 5.10 Å². The summed E-state index contributed by atoms with van der Waals surface area (Å²) < 4.78 is 31.8. The number of ether oxygens (including phenoxy) is 1. The molecular formula is C21H30N6O4S. The highest BCUT2D eigenvalue weighted by Crippen LogP contribution is 2.37. The van der Waals surface area contributed by atoms with Crippen LogP contribution in [0.15, 0.2) is 24.7 Å². The summed E-state index contributed by atoms with van der Waals surface area (Å²) in [5.41, 5.74) is 3.60. The molecule has 2 N–H and O–H groups in total. The van der Waals surface area contributed by atoms with Crippen LogP contribution in [0, 0.1) is 0 Å². The number of nitrogens with zero attached hydrogens (tertiary/aromatic N) is 5. The van der Waals surface area contributed by atoms with Gasteiger partial charge in [-0.25, -0.2) is 17.9 Å². The molecule has 4 rings (SSSR count). The van der Waals surface area contributed by atoms with Crippen molar-refractivity contribution in [2.75, 3.05) is 25.3 Å². The van der Waals surface area contributed by atoms with Crippen LogP contribution in [0.1, 0.15) is 44.2 Å². The van der Waals surface area contributed by atoms with Gasteiger partial charge in [-0.15, -0.1) is 5.10 Å². The number of sulfone groups is 1. The molecule has 32 heavy (non-hydrogen) atoms. The monoisotopic (exact) mass is 462 g/mol. The van der Waals surface area contributed by atoms with Gasteiger partial charge in [0.15, 0.2) is 9.84 Å². The Labute approximate surface area is 187 Å². The van der Waals surface area contributed by atoms with Crippen LogP contribution in [-0.4, -0.2) is 70.0 Å². The fourth-order valence-corrected chi connectivity index (χ4v) is 4.92. The second-order valence-corrected chi connectivity index (χ2v) is 10.8. The highest BCUT2D eigenvalue weighted by Gasteiger charge is 2.26. The number of methoxy groups -OCH3 is 1. The number of hydrogen-bond acceptors (Lipinski definition) is 8. The number of nitrogens with one attached hydrogen (secondary N) is 1. The fourth-order valence-electron chi connectivity index (χ4n) is 4.30. The number of rotatable bonds is 8. The SMILES string of the molecule is COC[C@H](C)Nc1ncc2c(-c3cnn(CS(C)(=O)=O)c3)cc([C@H]3CC[C@H](O)CC3)n2n1. The number of fused-ring (bicyclic) bond motifs is 1. The molecule has 1 aliphatic carbocycles. The maximum Gasteiger partial charge on any atom is 0.241 e. The molecule has 1 atom stereocenters. The minimum absolute atomic E-state index is 0.0509. The Morgan fingerprint density at radius 1 is 1.28 bits per heavy atom. The maximum atomic E-state index is 11.6. The Morgan fingerprint density at radius 3 is 2.72 bits per heavy atom. The van der Waals surface area contributed by atoms with Gasteiger partial charge in [0.2, 0.25) is 5.95 Å². The Kier molecular flexibility index (Phi) is 6.50. The summed E-state index contributed by atoms with van der Waals surface area (Å²) in [6.07, 6.45) is 9.41. The fraction of sp³-hybridized carbons (Fsp3) is 0.571. The van der Waals surface area contributed by atoms with Gasteiger partial charge in [0, 0.05) is 48.3 Å². The van der Waals surface area contributed by atoms with E-state index in [0.717, 1.165) is 48.0 Å². The molecule has 0 aliphatic heterocycles. The van der Waals surface area contributed by atoms with Crippen molar-refractivity contribution in [1.29, 1.82) is 0 Å². The van der Waals surface area contributed by atoms with Crippen molar-refractivity contribution in [3.8, 4) is 11.1 Å². The van der Waals surface area contributed by atoms with Crippen LogP contribution in [0.4, 0.5) is 5.95 Å². The zero-order valence-electron chi connectivity index (χ0n) is 18.6. The van der Waals surface area contributed by atoms with Crippen LogP contribution in [0.25, 0.3) is 16.6 Å². The van der Waals surface area contributed by atoms with Gasteiger partial charge in [0.1, 0.15) is 5.88 Å². The molecule has 1 saturated carbocycles. The first-order valence-electron chi connectivity index (χ1n) is 10.8. The van der Waals surface area contributed by atoms with Crippen LogP contribution in [0.2, 0.25) is 0 Å². The van der Waals surface area contributed by atoms with Gasteiger partial charge in [0.05, 0.1) is 30.6 Å². The Bertz CT molecular complexity index is 1180. The second kappa shape index (κ2) is 9.16. The Hall–Kier alpha value is -2.50. The van der Waals surface area contributed by atoms with Crippen LogP contribution >= 0.6 is 0 Å². The third-order valence-electron chi connectivity index (χ3n) is 5.76. The summed E-state index contributed by atoms with van der Waals surface area (Å²) >= 11 is 0. The van der Waals surface area contributed by atoms with Crippen LogP contribution in [0.5, 0.6) is 0 Å². The lowest BCUT2D eigenvalue weighted by Gasteiger charge is -2.25. The number of aliphatic hydroxyl groups is 1. The molecule has 0 amide bonds. The minimum atomic E-state index is -3.20. The largest absolute Gasteiger partial charge is 0.393 e. The van der Waals surface area contributed by atoms with E-state index >= 15 is 0 Å². The lowest BCUT2D eigenvalue weighted by molar-refractivity contribution is 0.121. The lowest BCUT2D eigenvalue weighted by Crippen LogP contribution is -2.23. The van der Waals surface area contributed by atoms with Crippen molar-refractivity contribution in [3.05, 3.63) is 30.4 Å². The summed E-state index contributed by atoms with van der Waals surface area (Å²) in [7, 11) is -1.55. The van der Waals surface area contributed by atoms with Crippen molar-refractivity contribution in [2.45, 2.75) is 56.5 Å². The predicted octanol–water partition coefficient (Wildman–Crippen LogP) is 2.06. The molecule has 174 valence electrons. The molecule has 3 heterocycles. The average molecular weight is 463 g/mol. The van der Waals surface area contributed by atoms with Gasteiger partial charge >= 0.3 is 0 Å². The van der Waals surface area contributed by atoms with Crippen molar-refractivity contribution in [3.63, 3.8) is 0 Å². The Balaban J connectivity index is 1.74. The highest BCUT2D eigenvalue weighted by atomic mass is 32.2. The number of aliphatic hydroxyl groups excluding tert-OH is 1. The first-order valence-corrected chi connectivity index (χ1v) is 12.8. The third kappa shape index (κ3) is 5.11. The third-order valence-corrected chi connectivity index (χ3v) is 6.50. The molecule has 0 spiro atoms. The van der Waals surface area contributed by atoms with E-state index in [1.807, 2.05) is 11.4 Å².